The van der Waals surface area contributed by atoms with Crippen molar-refractivity contribution in [3.05, 3.63) is 12.2 Å². The van der Waals surface area contributed by atoms with Crippen LogP contribution in [-0.2, 0) is 4.74 Å². The topological polar surface area (TPSA) is 41.5 Å². The minimum atomic E-state index is -0.561. The van der Waals surface area contributed by atoms with E-state index < -0.39 is 5.60 Å². The monoisotopic (exact) mass is 215 g/mol. The molecule has 0 radical (unpaired) electrons. The highest BCUT2D eigenvalue weighted by atomic mass is 16.5. The first-order chi connectivity index (χ1) is 7.04. The van der Waals surface area contributed by atoms with Crippen molar-refractivity contribution in [2.75, 3.05) is 26.3 Å². The summed E-state index contributed by atoms with van der Waals surface area (Å²) in [6.45, 7) is 12.4. The van der Waals surface area contributed by atoms with Gasteiger partial charge in [-0.15, -0.1) is 0 Å². The Bertz CT molecular complexity index is 176. The summed E-state index contributed by atoms with van der Waals surface area (Å²) < 4.78 is 5.33. The van der Waals surface area contributed by atoms with Crippen LogP contribution in [0.4, 0.5) is 0 Å². The van der Waals surface area contributed by atoms with Gasteiger partial charge < -0.3 is 15.2 Å². The molecule has 0 fully saturated rings. The van der Waals surface area contributed by atoms with E-state index >= 15 is 0 Å². The molecule has 0 aliphatic heterocycles. The van der Waals surface area contributed by atoms with Gasteiger partial charge in [-0.2, -0.15) is 0 Å². The van der Waals surface area contributed by atoms with Crippen molar-refractivity contribution in [1.82, 2.24) is 5.32 Å². The molecule has 2 N–H and O–H groups in total. The molecule has 0 bridgehead atoms. The van der Waals surface area contributed by atoms with Crippen LogP contribution in [-0.4, -0.2) is 37.0 Å². The average Bonchev–Trinajstić information content (AvgIpc) is 2.22. The zero-order chi connectivity index (χ0) is 11.7. The van der Waals surface area contributed by atoms with Crippen LogP contribution in [0.3, 0.4) is 0 Å². The Hall–Kier alpha value is -0.380. The van der Waals surface area contributed by atoms with Crippen LogP contribution in [0.15, 0.2) is 12.2 Å². The molecule has 0 aromatic rings. The molecule has 0 saturated carbocycles. The molecule has 15 heavy (non-hydrogen) atoms. The minimum absolute atomic E-state index is 0.561. The summed E-state index contributed by atoms with van der Waals surface area (Å²) in [7, 11) is 0. The lowest BCUT2D eigenvalue weighted by Crippen LogP contribution is -2.40. The summed E-state index contributed by atoms with van der Waals surface area (Å²) in [5.74, 6) is 0. The second kappa shape index (κ2) is 7.85. The lowest BCUT2D eigenvalue weighted by Gasteiger charge is -2.25. The molecule has 0 spiro atoms. The Morgan fingerprint density at radius 1 is 1.40 bits per heavy atom. The summed E-state index contributed by atoms with van der Waals surface area (Å²) in [6, 6.07) is 0. The van der Waals surface area contributed by atoms with E-state index in [1.807, 2.05) is 20.8 Å². The lowest BCUT2D eigenvalue weighted by atomic mass is 9.98. The number of rotatable bonds is 9. The smallest absolute Gasteiger partial charge is 0.0766 e. The highest BCUT2D eigenvalue weighted by Crippen LogP contribution is 2.12. The summed E-state index contributed by atoms with van der Waals surface area (Å²) >= 11 is 0. The molecule has 90 valence electrons. The third-order valence-corrected chi connectivity index (χ3v) is 2.54. The van der Waals surface area contributed by atoms with E-state index in [2.05, 4.69) is 11.9 Å². The summed E-state index contributed by atoms with van der Waals surface area (Å²) in [5, 5.41) is 13.2. The van der Waals surface area contributed by atoms with Crippen molar-refractivity contribution >= 4 is 0 Å². The second-order valence-corrected chi connectivity index (χ2v) is 4.12. The highest BCUT2D eigenvalue weighted by Gasteiger charge is 2.20. The molecule has 0 rings (SSSR count). The second-order valence-electron chi connectivity index (χ2n) is 4.12. The fourth-order valence-electron chi connectivity index (χ4n) is 1.21. The van der Waals surface area contributed by atoms with Gasteiger partial charge in [0.2, 0.25) is 0 Å². The normalized spacial score (nSPS) is 11.7. The molecule has 3 nitrogen and oxygen atoms in total. The standard InChI is InChI=1S/C12H25NO2/c1-5-12(14,6-2)10-13-7-8-15-9-11(3)4/h13-14H,3,5-10H2,1-2,4H3. The van der Waals surface area contributed by atoms with E-state index in [4.69, 9.17) is 4.74 Å². The van der Waals surface area contributed by atoms with Crippen LogP contribution in [0.25, 0.3) is 0 Å². The Kier molecular flexibility index (Phi) is 7.65. The Balaban J connectivity index is 3.41. The molecule has 3 heteroatoms. The molecule has 0 aromatic carbocycles. The van der Waals surface area contributed by atoms with Gasteiger partial charge in [-0.1, -0.05) is 26.0 Å². The molecule has 0 aliphatic rings. The van der Waals surface area contributed by atoms with Crippen LogP contribution in [0.5, 0.6) is 0 Å². The lowest BCUT2D eigenvalue weighted by molar-refractivity contribution is 0.0306. The van der Waals surface area contributed by atoms with Gasteiger partial charge in [-0.05, 0) is 19.8 Å². The minimum Gasteiger partial charge on any atom is -0.389 e. The third-order valence-electron chi connectivity index (χ3n) is 2.54. The average molecular weight is 215 g/mol. The molecule has 0 saturated heterocycles. The van der Waals surface area contributed by atoms with E-state index in [0.717, 1.165) is 25.0 Å². The van der Waals surface area contributed by atoms with E-state index in [1.165, 1.54) is 0 Å². The van der Waals surface area contributed by atoms with Gasteiger partial charge in [0.15, 0.2) is 0 Å². The van der Waals surface area contributed by atoms with Gasteiger partial charge in [-0.3, -0.25) is 0 Å². The van der Waals surface area contributed by atoms with Crippen molar-refractivity contribution in [1.29, 1.82) is 0 Å². The highest BCUT2D eigenvalue weighted by molar-refractivity contribution is 4.87. The van der Waals surface area contributed by atoms with Gasteiger partial charge in [0.1, 0.15) is 0 Å². The predicted octanol–water partition coefficient (Wildman–Crippen LogP) is 1.72. The van der Waals surface area contributed by atoms with Crippen LogP contribution in [0, 0.1) is 0 Å². The zero-order valence-electron chi connectivity index (χ0n) is 10.3. The Morgan fingerprint density at radius 3 is 2.47 bits per heavy atom. The number of nitrogens with one attached hydrogen (secondary N) is 1. The van der Waals surface area contributed by atoms with Gasteiger partial charge in [0.25, 0.3) is 0 Å². The first kappa shape index (κ1) is 14.6. The maximum atomic E-state index is 9.96. The van der Waals surface area contributed by atoms with Crippen molar-refractivity contribution in [2.24, 2.45) is 0 Å². The van der Waals surface area contributed by atoms with Gasteiger partial charge >= 0.3 is 0 Å². The van der Waals surface area contributed by atoms with E-state index in [9.17, 15) is 5.11 Å². The quantitative estimate of drug-likeness (QED) is 0.454. The first-order valence-electron chi connectivity index (χ1n) is 5.69. The SMILES string of the molecule is C=C(C)COCCNCC(O)(CC)CC. The molecule has 0 unspecified atom stereocenters. The van der Waals surface area contributed by atoms with Crippen LogP contribution in [0.1, 0.15) is 33.6 Å². The van der Waals surface area contributed by atoms with Crippen LogP contribution < -0.4 is 5.32 Å². The molecular weight excluding hydrogens is 190 g/mol. The number of hydrogen-bond donors (Lipinski definition) is 2. The molecule has 0 atom stereocenters. The summed E-state index contributed by atoms with van der Waals surface area (Å²) in [4.78, 5) is 0. The summed E-state index contributed by atoms with van der Waals surface area (Å²) in [6.07, 6.45) is 1.56. The van der Waals surface area contributed by atoms with Gasteiger partial charge in [0.05, 0.1) is 18.8 Å². The number of aliphatic hydroxyl groups is 1. The largest absolute Gasteiger partial charge is 0.389 e. The van der Waals surface area contributed by atoms with E-state index in [1.54, 1.807) is 0 Å². The van der Waals surface area contributed by atoms with Crippen molar-refractivity contribution in [2.45, 2.75) is 39.2 Å². The maximum Gasteiger partial charge on any atom is 0.0766 e. The molecule has 0 aromatic heterocycles. The fourth-order valence-corrected chi connectivity index (χ4v) is 1.21. The molecular formula is C12H25NO2. The van der Waals surface area contributed by atoms with Gasteiger partial charge in [0, 0.05) is 13.1 Å². The Labute approximate surface area is 93.5 Å². The number of hydrogen-bond acceptors (Lipinski definition) is 3. The molecule has 0 amide bonds. The molecule has 0 aliphatic carbocycles. The van der Waals surface area contributed by atoms with Crippen molar-refractivity contribution in [3.63, 3.8) is 0 Å². The summed E-state index contributed by atoms with van der Waals surface area (Å²) in [5.41, 5.74) is 0.475. The number of ether oxygens (including phenoxy) is 1. The third kappa shape index (κ3) is 7.54. The van der Waals surface area contributed by atoms with Crippen molar-refractivity contribution in [3.8, 4) is 0 Å². The van der Waals surface area contributed by atoms with Gasteiger partial charge in [-0.25, -0.2) is 0 Å². The van der Waals surface area contributed by atoms with Crippen molar-refractivity contribution < 1.29 is 9.84 Å². The van der Waals surface area contributed by atoms with E-state index in [0.29, 0.717) is 19.8 Å². The Morgan fingerprint density at radius 2 is 2.00 bits per heavy atom. The van der Waals surface area contributed by atoms with Crippen LogP contribution in [0.2, 0.25) is 0 Å². The predicted molar refractivity (Wildman–Crippen MR) is 64.0 cm³/mol. The fraction of sp³-hybridized carbons (Fsp3) is 0.833. The van der Waals surface area contributed by atoms with Crippen LogP contribution >= 0.6 is 0 Å². The molecule has 0 heterocycles. The first-order valence-corrected chi connectivity index (χ1v) is 5.69. The van der Waals surface area contributed by atoms with E-state index in [-0.39, 0.29) is 0 Å². The zero-order valence-corrected chi connectivity index (χ0v) is 10.3. The maximum absolute atomic E-state index is 9.96.